The normalized spacial score (nSPS) is 46.6. The van der Waals surface area contributed by atoms with Gasteiger partial charge in [0.05, 0.1) is 45.2 Å². The number of carboxylic acid groups (broad SMARTS) is 1. The molecule has 0 bridgehead atoms. The molecule has 0 radical (unpaired) electrons. The minimum atomic E-state index is -3.11. The SMILES string of the molecule is CC(=O)N[C@H]1[C@H](O[C@@H]2[C@@H](O)[C@H](O)O[C@H](CO)[C@@H]2O[C@@H]2O[C@H](CO)[C@@H](O)[C@H](O)[C@H]2O)O[C@H](CO)[C@@H](O[C@@H]2O[C@H](CO)[C@H](O[C@]3(C(=O)O)C[C@H](O)[C@@H](NC(C)=O)[C@H]([C@H](O)[C@H](O)CO)O3)[C@H](O)[C@H]2O)[C@@H]1O. The molecule has 0 aromatic carbocycles. The zero-order valence-corrected chi connectivity index (χ0v) is 36.2. The van der Waals surface area contributed by atoms with E-state index in [0.717, 1.165) is 13.8 Å². The quantitative estimate of drug-likeness (QED) is 0.0606. The zero-order valence-electron chi connectivity index (χ0n) is 36.2. The van der Waals surface area contributed by atoms with E-state index in [1.54, 1.807) is 0 Å². The molecule has 31 nitrogen and oxygen atoms in total. The molecule has 5 aliphatic heterocycles. The molecule has 68 heavy (non-hydrogen) atoms. The van der Waals surface area contributed by atoms with Crippen LogP contribution in [0.2, 0.25) is 0 Å². The van der Waals surface area contributed by atoms with E-state index in [1.165, 1.54) is 0 Å². The fourth-order valence-electron chi connectivity index (χ4n) is 8.54. The topological polar surface area (TPSA) is 502 Å². The minimum Gasteiger partial charge on any atom is -0.477 e. The Hall–Kier alpha value is -2.59. The summed E-state index contributed by atoms with van der Waals surface area (Å²) in [5.41, 5.74) is 0. The predicted molar refractivity (Wildman–Crippen MR) is 207 cm³/mol. The molecule has 0 aliphatic carbocycles. The van der Waals surface area contributed by atoms with Gasteiger partial charge in [-0.05, 0) is 0 Å². The number of hydrogen-bond donors (Lipinski definition) is 19. The van der Waals surface area contributed by atoms with Crippen molar-refractivity contribution in [1.82, 2.24) is 10.6 Å². The first kappa shape index (κ1) is 56.3. The second-order valence-electron chi connectivity index (χ2n) is 16.8. The summed E-state index contributed by atoms with van der Waals surface area (Å²) in [7, 11) is 0. The first-order valence-corrected chi connectivity index (χ1v) is 21.2. The number of carboxylic acids is 1. The van der Waals surface area contributed by atoms with Crippen molar-refractivity contribution in [1.29, 1.82) is 0 Å². The highest BCUT2D eigenvalue weighted by Gasteiger charge is 2.61. The number of aliphatic hydroxyl groups is 16. The summed E-state index contributed by atoms with van der Waals surface area (Å²) in [6.45, 7) is -3.23. The van der Waals surface area contributed by atoms with Crippen molar-refractivity contribution >= 4 is 17.8 Å². The van der Waals surface area contributed by atoms with Gasteiger partial charge in [0.1, 0.15) is 116 Å². The molecule has 5 fully saturated rings. The second kappa shape index (κ2) is 23.8. The van der Waals surface area contributed by atoms with E-state index < -0.39 is 216 Å². The molecule has 5 aliphatic rings. The van der Waals surface area contributed by atoms with Gasteiger partial charge in [0.25, 0.3) is 5.79 Å². The number of carbonyl (C=O) groups is 3. The highest BCUT2D eigenvalue weighted by Crippen LogP contribution is 2.39. The van der Waals surface area contributed by atoms with Crippen LogP contribution in [-0.2, 0) is 57.0 Å². The van der Waals surface area contributed by atoms with Gasteiger partial charge in [-0.15, -0.1) is 0 Å². The number of nitrogens with one attached hydrogen (secondary N) is 2. The summed E-state index contributed by atoms with van der Waals surface area (Å²) in [4.78, 5) is 37.3. The van der Waals surface area contributed by atoms with Crippen LogP contribution in [0.5, 0.6) is 0 Å². The van der Waals surface area contributed by atoms with E-state index in [4.69, 9.17) is 42.6 Å². The van der Waals surface area contributed by atoms with Gasteiger partial charge in [-0.2, -0.15) is 0 Å². The van der Waals surface area contributed by atoms with E-state index >= 15 is 0 Å². The van der Waals surface area contributed by atoms with Crippen LogP contribution in [0.1, 0.15) is 20.3 Å². The Kier molecular flexibility index (Phi) is 19.7. The van der Waals surface area contributed by atoms with Crippen molar-refractivity contribution in [3.8, 4) is 0 Å². The van der Waals surface area contributed by atoms with E-state index in [2.05, 4.69) is 10.6 Å². The van der Waals surface area contributed by atoms with Crippen LogP contribution < -0.4 is 10.6 Å². The van der Waals surface area contributed by atoms with Crippen molar-refractivity contribution in [3.63, 3.8) is 0 Å². The first-order chi connectivity index (χ1) is 32.0. The fourth-order valence-corrected chi connectivity index (χ4v) is 8.54. The maximum absolute atomic E-state index is 12.8. The van der Waals surface area contributed by atoms with Crippen LogP contribution in [0, 0.1) is 0 Å². The molecule has 0 saturated carbocycles. The number of aliphatic carboxylic acids is 1. The monoisotopic (exact) mass is 998 g/mol. The third kappa shape index (κ3) is 11.8. The minimum absolute atomic E-state index is 0.798. The highest BCUT2D eigenvalue weighted by molar-refractivity contribution is 5.76. The molecule has 26 atom stereocenters. The third-order valence-electron chi connectivity index (χ3n) is 12.1. The van der Waals surface area contributed by atoms with Gasteiger partial charge < -0.3 is 140 Å². The molecule has 0 aromatic rings. The molecule has 0 aromatic heterocycles. The molecule has 19 N–H and O–H groups in total. The summed E-state index contributed by atoms with van der Waals surface area (Å²) in [5, 5.41) is 184. The molecule has 5 saturated heterocycles. The molecular formula is C37H62N2O29. The number of amides is 2. The van der Waals surface area contributed by atoms with Crippen molar-refractivity contribution in [2.75, 3.05) is 33.0 Å². The standard InChI is InChI=1S/C37H62N2O29/c1-9(45)38-17-11(47)3-37(36(58)59,68-30(17)19(49)12(48)4-40)67-28-15(7-43)63-35(25(55)23(28)53)64-27-14(6-42)62-33(18(21(27)51)39-10(2)46)66-31-26(56)32(57)60-16(8-44)29(31)65-34-24(54)22(52)20(50)13(5-41)61-34/h11-35,40-44,47-57H,3-8H2,1-2H3,(H,38,45)(H,39,46)(H,58,59)/t11-,12+,13+,14+,15+,16+,17+,18+,19+,20+,21+,22-,23+,24+,25+,26+,27+,28-,29-,30+,31+,32+,33-,34-,35-,37+/m0/s1. The van der Waals surface area contributed by atoms with Gasteiger partial charge in [-0.3, -0.25) is 9.59 Å². The zero-order chi connectivity index (χ0) is 50.7. The Morgan fingerprint density at radius 2 is 1.06 bits per heavy atom. The van der Waals surface area contributed by atoms with Crippen molar-refractivity contribution < 1.29 is 144 Å². The molecule has 394 valence electrons. The summed E-state index contributed by atoms with van der Waals surface area (Å²) in [6, 6.07) is -3.43. The van der Waals surface area contributed by atoms with Gasteiger partial charge >= 0.3 is 5.97 Å². The Balaban J connectivity index is 1.38. The van der Waals surface area contributed by atoms with Crippen molar-refractivity contribution in [2.45, 2.75) is 179 Å². The predicted octanol–water partition coefficient (Wildman–Crippen LogP) is -12.4. The van der Waals surface area contributed by atoms with Crippen molar-refractivity contribution in [2.24, 2.45) is 0 Å². The lowest BCUT2D eigenvalue weighted by Crippen LogP contribution is -2.71. The molecule has 31 heteroatoms. The lowest BCUT2D eigenvalue weighted by molar-refractivity contribution is -0.391. The van der Waals surface area contributed by atoms with Crippen LogP contribution in [-0.4, -0.2) is 297 Å². The molecular weight excluding hydrogens is 936 g/mol. The van der Waals surface area contributed by atoms with Gasteiger partial charge in [0.15, 0.2) is 25.2 Å². The Bertz CT molecular complexity index is 1650. The Labute approximate surface area is 384 Å². The molecule has 5 rings (SSSR count). The van der Waals surface area contributed by atoms with E-state index in [-0.39, 0.29) is 0 Å². The second-order valence-corrected chi connectivity index (χ2v) is 16.8. The molecule has 0 unspecified atom stereocenters. The van der Waals surface area contributed by atoms with Gasteiger partial charge in [-0.25, -0.2) is 4.79 Å². The molecule has 5 heterocycles. The lowest BCUT2D eigenvalue weighted by Gasteiger charge is -2.51. The maximum Gasteiger partial charge on any atom is 0.364 e. The summed E-state index contributed by atoms with van der Waals surface area (Å²) in [5.74, 6) is -6.81. The maximum atomic E-state index is 12.8. The summed E-state index contributed by atoms with van der Waals surface area (Å²) >= 11 is 0. The first-order valence-electron chi connectivity index (χ1n) is 21.2. The van der Waals surface area contributed by atoms with E-state index in [9.17, 15) is 101 Å². The lowest BCUT2D eigenvalue weighted by atomic mass is 9.88. The van der Waals surface area contributed by atoms with Crippen molar-refractivity contribution in [3.05, 3.63) is 0 Å². The fraction of sp³-hybridized carbons (Fsp3) is 0.919. The van der Waals surface area contributed by atoms with E-state index in [0.29, 0.717) is 0 Å². The Morgan fingerprint density at radius 1 is 0.574 bits per heavy atom. The summed E-state index contributed by atoms with van der Waals surface area (Å²) < 4.78 is 50.8. The van der Waals surface area contributed by atoms with Crippen LogP contribution in [0.3, 0.4) is 0 Å². The largest absolute Gasteiger partial charge is 0.477 e. The van der Waals surface area contributed by atoms with Crippen LogP contribution in [0.4, 0.5) is 0 Å². The van der Waals surface area contributed by atoms with Crippen LogP contribution in [0.25, 0.3) is 0 Å². The average molecular weight is 999 g/mol. The number of ether oxygens (including phenoxy) is 9. The molecule has 2 amide bonds. The number of carbonyl (C=O) groups excluding carboxylic acids is 2. The smallest absolute Gasteiger partial charge is 0.364 e. The Morgan fingerprint density at radius 3 is 1.60 bits per heavy atom. The van der Waals surface area contributed by atoms with Crippen LogP contribution >= 0.6 is 0 Å². The third-order valence-corrected chi connectivity index (χ3v) is 12.1. The number of aliphatic hydroxyl groups excluding tert-OH is 16. The van der Waals surface area contributed by atoms with E-state index in [1.807, 2.05) is 0 Å². The van der Waals surface area contributed by atoms with Gasteiger partial charge in [0.2, 0.25) is 11.8 Å². The number of hydrogen-bond acceptors (Lipinski definition) is 28. The van der Waals surface area contributed by atoms with Gasteiger partial charge in [-0.1, -0.05) is 0 Å². The average Bonchev–Trinajstić information content (AvgIpc) is 3.29. The molecule has 0 spiro atoms. The summed E-state index contributed by atoms with van der Waals surface area (Å²) in [6.07, 6.45) is -46.8. The number of rotatable bonds is 18. The van der Waals surface area contributed by atoms with Gasteiger partial charge in [0, 0.05) is 20.3 Å². The highest BCUT2D eigenvalue weighted by atomic mass is 16.8. The van der Waals surface area contributed by atoms with Crippen LogP contribution in [0.15, 0.2) is 0 Å².